The molecule has 0 radical (unpaired) electrons. The van der Waals surface area contributed by atoms with E-state index in [2.05, 4.69) is 17.6 Å². The molecule has 1 unspecified atom stereocenters. The molecule has 0 bridgehead atoms. The van der Waals surface area contributed by atoms with E-state index < -0.39 is 0 Å². The van der Waals surface area contributed by atoms with E-state index in [1.165, 1.54) is 0 Å². The van der Waals surface area contributed by atoms with Crippen LogP contribution >= 0.6 is 11.6 Å². The highest BCUT2D eigenvalue weighted by molar-refractivity contribution is 6.32. The Labute approximate surface area is 130 Å². The highest BCUT2D eigenvalue weighted by Gasteiger charge is 2.29. The molecule has 1 aromatic carbocycles. The predicted octanol–water partition coefficient (Wildman–Crippen LogP) is 2.67. The van der Waals surface area contributed by atoms with Crippen LogP contribution in [-0.4, -0.2) is 25.1 Å². The Balaban J connectivity index is 1.71. The Bertz CT molecular complexity index is 535. The van der Waals surface area contributed by atoms with Gasteiger partial charge in [-0.05, 0) is 32.4 Å². The van der Waals surface area contributed by atoms with Crippen LogP contribution in [0.3, 0.4) is 0 Å². The van der Waals surface area contributed by atoms with Gasteiger partial charge in [-0.15, -0.1) is 0 Å². The predicted molar refractivity (Wildman–Crippen MR) is 82.6 cm³/mol. The van der Waals surface area contributed by atoms with Crippen LogP contribution < -0.4 is 15.4 Å². The summed E-state index contributed by atoms with van der Waals surface area (Å²) in [5.74, 6) is 0.974. The number of carbonyl (C=O) groups is 1. The van der Waals surface area contributed by atoms with E-state index in [0.717, 1.165) is 37.1 Å². The monoisotopic (exact) mass is 308 g/mol. The molecule has 1 aromatic rings. The quantitative estimate of drug-likeness (QED) is 0.883. The molecule has 2 aliphatic rings. The van der Waals surface area contributed by atoms with Crippen molar-refractivity contribution in [1.82, 2.24) is 10.6 Å². The summed E-state index contributed by atoms with van der Waals surface area (Å²) in [7, 11) is 0. The maximum Gasteiger partial charge on any atom is 0.223 e. The van der Waals surface area contributed by atoms with Crippen LogP contribution in [0.2, 0.25) is 5.02 Å². The van der Waals surface area contributed by atoms with Crippen LogP contribution in [-0.2, 0) is 4.79 Å². The first-order chi connectivity index (χ1) is 10.1. The second kappa shape index (κ2) is 6.24. The molecule has 0 aromatic heterocycles. The number of amides is 1. The van der Waals surface area contributed by atoms with Gasteiger partial charge in [0.15, 0.2) is 0 Å². The van der Waals surface area contributed by atoms with Crippen LogP contribution in [0.5, 0.6) is 5.75 Å². The number of para-hydroxylation sites is 1. The van der Waals surface area contributed by atoms with E-state index in [4.69, 9.17) is 16.3 Å². The average molecular weight is 309 g/mol. The molecule has 114 valence electrons. The van der Waals surface area contributed by atoms with E-state index in [9.17, 15) is 4.79 Å². The van der Waals surface area contributed by atoms with Gasteiger partial charge in [-0.2, -0.15) is 0 Å². The van der Waals surface area contributed by atoms with Crippen molar-refractivity contribution in [2.75, 3.05) is 13.2 Å². The van der Waals surface area contributed by atoms with E-state index in [-0.39, 0.29) is 17.9 Å². The van der Waals surface area contributed by atoms with E-state index in [0.29, 0.717) is 17.7 Å². The molecule has 4 nitrogen and oxygen atoms in total. The number of hydrogen-bond donors (Lipinski definition) is 2. The maximum atomic E-state index is 12.5. The summed E-state index contributed by atoms with van der Waals surface area (Å²) in [6, 6.07) is 6.12. The topological polar surface area (TPSA) is 50.4 Å². The van der Waals surface area contributed by atoms with Crippen molar-refractivity contribution in [2.24, 2.45) is 5.92 Å². The van der Waals surface area contributed by atoms with Gasteiger partial charge >= 0.3 is 0 Å². The number of hydrogen-bond acceptors (Lipinski definition) is 3. The van der Waals surface area contributed by atoms with Crippen LogP contribution in [0.15, 0.2) is 18.2 Å². The lowest BCUT2D eigenvalue weighted by Crippen LogP contribution is -2.43. The summed E-state index contributed by atoms with van der Waals surface area (Å²) in [5, 5.41) is 7.18. The molecular weight excluding hydrogens is 288 g/mol. The van der Waals surface area contributed by atoms with Crippen molar-refractivity contribution in [1.29, 1.82) is 0 Å². The highest BCUT2D eigenvalue weighted by Crippen LogP contribution is 2.37. The molecule has 21 heavy (non-hydrogen) atoms. The molecule has 2 N–H and O–H groups in total. The van der Waals surface area contributed by atoms with Crippen LogP contribution in [0.4, 0.5) is 0 Å². The standard InChI is InChI=1S/C16H21ClN2O2/c1-10-9-11(5-7-18-10)16(20)19-14-6-8-21-15-12(14)3-2-4-13(15)17/h2-4,10-11,14,18H,5-9H2,1H3,(H,19,20)/t10-,11-,14?/m0/s1. The van der Waals surface area contributed by atoms with E-state index in [1.807, 2.05) is 18.2 Å². The first-order valence-electron chi connectivity index (χ1n) is 7.60. The molecule has 1 fully saturated rings. The Hall–Kier alpha value is -1.26. The summed E-state index contributed by atoms with van der Waals surface area (Å²) < 4.78 is 5.64. The fourth-order valence-electron chi connectivity index (χ4n) is 3.20. The smallest absolute Gasteiger partial charge is 0.223 e. The van der Waals surface area contributed by atoms with Crippen molar-refractivity contribution in [3.63, 3.8) is 0 Å². The minimum Gasteiger partial charge on any atom is -0.492 e. The van der Waals surface area contributed by atoms with Crippen molar-refractivity contribution in [3.8, 4) is 5.75 Å². The van der Waals surface area contributed by atoms with Crippen LogP contribution in [0, 0.1) is 5.92 Å². The Morgan fingerprint density at radius 1 is 1.43 bits per heavy atom. The third kappa shape index (κ3) is 3.16. The first-order valence-corrected chi connectivity index (χ1v) is 7.98. The molecule has 5 heteroatoms. The van der Waals surface area contributed by atoms with Gasteiger partial charge in [0.25, 0.3) is 0 Å². The minimum atomic E-state index is 0.00476. The lowest BCUT2D eigenvalue weighted by molar-refractivity contribution is -0.127. The zero-order valence-electron chi connectivity index (χ0n) is 12.2. The normalized spacial score (nSPS) is 28.4. The fraction of sp³-hybridized carbons (Fsp3) is 0.562. The minimum absolute atomic E-state index is 0.00476. The third-order valence-corrected chi connectivity index (χ3v) is 4.63. The number of halogens is 1. The lowest BCUT2D eigenvalue weighted by Gasteiger charge is -2.31. The van der Waals surface area contributed by atoms with E-state index >= 15 is 0 Å². The van der Waals surface area contributed by atoms with Crippen molar-refractivity contribution in [3.05, 3.63) is 28.8 Å². The Morgan fingerprint density at radius 3 is 3.10 bits per heavy atom. The van der Waals surface area contributed by atoms with Gasteiger partial charge in [-0.1, -0.05) is 23.7 Å². The van der Waals surface area contributed by atoms with Gasteiger partial charge in [0.2, 0.25) is 5.91 Å². The van der Waals surface area contributed by atoms with Crippen LogP contribution in [0.1, 0.15) is 37.8 Å². The zero-order chi connectivity index (χ0) is 14.8. The Kier molecular flexibility index (Phi) is 4.36. The Morgan fingerprint density at radius 2 is 2.29 bits per heavy atom. The molecule has 2 heterocycles. The summed E-state index contributed by atoms with van der Waals surface area (Å²) in [6.45, 7) is 3.63. The number of rotatable bonds is 2. The maximum absolute atomic E-state index is 12.5. The van der Waals surface area contributed by atoms with Gasteiger partial charge in [-0.3, -0.25) is 4.79 Å². The van der Waals surface area contributed by atoms with Gasteiger partial charge in [0.1, 0.15) is 5.75 Å². The zero-order valence-corrected chi connectivity index (χ0v) is 13.0. The molecule has 2 aliphatic heterocycles. The second-order valence-corrected chi connectivity index (χ2v) is 6.34. The summed E-state index contributed by atoms with van der Waals surface area (Å²) >= 11 is 6.17. The first kappa shape index (κ1) is 14.7. The van der Waals surface area contributed by atoms with Crippen molar-refractivity contribution >= 4 is 17.5 Å². The lowest BCUT2D eigenvalue weighted by atomic mass is 9.91. The third-order valence-electron chi connectivity index (χ3n) is 4.34. The molecule has 3 atom stereocenters. The van der Waals surface area contributed by atoms with E-state index in [1.54, 1.807) is 0 Å². The van der Waals surface area contributed by atoms with Gasteiger partial charge < -0.3 is 15.4 Å². The highest BCUT2D eigenvalue weighted by atomic mass is 35.5. The number of ether oxygens (including phenoxy) is 1. The molecular formula is C16H21ClN2O2. The molecule has 1 amide bonds. The molecule has 0 aliphatic carbocycles. The molecule has 0 spiro atoms. The van der Waals surface area contributed by atoms with Crippen molar-refractivity contribution in [2.45, 2.75) is 38.3 Å². The molecule has 0 saturated carbocycles. The number of piperidine rings is 1. The SMILES string of the molecule is C[C@H]1C[C@@H](C(=O)NC2CCOc3c(Cl)cccc32)CCN1. The fourth-order valence-corrected chi connectivity index (χ4v) is 3.43. The second-order valence-electron chi connectivity index (χ2n) is 5.93. The molecule has 1 saturated heterocycles. The van der Waals surface area contributed by atoms with Gasteiger partial charge in [-0.25, -0.2) is 0 Å². The van der Waals surface area contributed by atoms with Gasteiger partial charge in [0.05, 0.1) is 17.7 Å². The summed E-state index contributed by atoms with van der Waals surface area (Å²) in [4.78, 5) is 12.5. The average Bonchev–Trinajstić information content (AvgIpc) is 2.48. The number of nitrogens with one attached hydrogen (secondary N) is 2. The number of fused-ring (bicyclic) bond motifs is 1. The summed E-state index contributed by atoms with van der Waals surface area (Å²) in [5.41, 5.74) is 0.990. The summed E-state index contributed by atoms with van der Waals surface area (Å²) in [6.07, 6.45) is 2.60. The van der Waals surface area contributed by atoms with Crippen molar-refractivity contribution < 1.29 is 9.53 Å². The number of carbonyl (C=O) groups excluding carboxylic acids is 1. The van der Waals surface area contributed by atoms with Crippen LogP contribution in [0.25, 0.3) is 0 Å². The van der Waals surface area contributed by atoms with Gasteiger partial charge in [0, 0.05) is 23.9 Å². The number of benzene rings is 1. The molecule has 3 rings (SSSR count). The largest absolute Gasteiger partial charge is 0.492 e.